The van der Waals surface area contributed by atoms with Gasteiger partial charge in [0.1, 0.15) is 0 Å². The van der Waals surface area contributed by atoms with E-state index in [1.54, 1.807) is 6.92 Å². The van der Waals surface area contributed by atoms with Gasteiger partial charge >= 0.3 is 6.09 Å². The van der Waals surface area contributed by atoms with Gasteiger partial charge in [-0.25, -0.2) is 4.79 Å². The summed E-state index contributed by atoms with van der Waals surface area (Å²) in [6.07, 6.45) is 3.71. The molecular formula is C26H36Cl2N4O4. The Hall–Kier alpha value is -2.36. The Morgan fingerprint density at radius 1 is 1.00 bits per heavy atom. The minimum Gasteiger partial charge on any atom is -0.450 e. The first kappa shape index (κ1) is 29.9. The molecular weight excluding hydrogens is 503 g/mol. The number of ether oxygens (including phenoxy) is 1. The standard InChI is InChI=1S/C26H32N4O3.2ClH.H2O/c1-2-33-26(32)27-21-12-11-20-10-9-19-6-3-4-8-23(19)30(24(20)16-21)25(31)18-28-14-15-29-13-5-7-22(29)17-28;;;/h3-4,6,8,11-12,16,22H,2,5,7,9-10,13-15,17-18H2,1H3,(H,27,32);2*1H;1H2. The third-order valence-electron chi connectivity index (χ3n) is 7.02. The van der Waals surface area contributed by atoms with E-state index in [1.165, 1.54) is 24.9 Å². The Bertz CT molecular complexity index is 1050. The molecule has 0 radical (unpaired) electrons. The number of rotatable bonds is 4. The van der Waals surface area contributed by atoms with Gasteiger partial charge in [0, 0.05) is 31.4 Å². The summed E-state index contributed by atoms with van der Waals surface area (Å²) in [6.45, 7) is 6.60. The summed E-state index contributed by atoms with van der Waals surface area (Å²) in [4.78, 5) is 32.6. The molecule has 2 saturated heterocycles. The van der Waals surface area contributed by atoms with Crippen LogP contribution in [-0.4, -0.2) is 72.6 Å². The van der Waals surface area contributed by atoms with E-state index >= 15 is 0 Å². The number of fused-ring (bicyclic) bond motifs is 3. The van der Waals surface area contributed by atoms with Crippen molar-refractivity contribution in [1.82, 2.24) is 9.80 Å². The predicted octanol–water partition coefficient (Wildman–Crippen LogP) is 3.82. The van der Waals surface area contributed by atoms with Gasteiger partial charge in [-0.3, -0.25) is 24.8 Å². The van der Waals surface area contributed by atoms with Gasteiger partial charge in [-0.05, 0) is 68.5 Å². The summed E-state index contributed by atoms with van der Waals surface area (Å²) in [7, 11) is 0. The normalized spacial score (nSPS) is 18.7. The molecule has 10 heteroatoms. The van der Waals surface area contributed by atoms with Crippen molar-refractivity contribution in [3.8, 4) is 0 Å². The van der Waals surface area contributed by atoms with Crippen LogP contribution in [0.2, 0.25) is 0 Å². The zero-order valence-corrected chi connectivity index (χ0v) is 22.2. The van der Waals surface area contributed by atoms with E-state index in [4.69, 9.17) is 4.74 Å². The molecule has 2 aromatic rings. The summed E-state index contributed by atoms with van der Waals surface area (Å²) in [5, 5.41) is 2.79. The maximum atomic E-state index is 13.8. The monoisotopic (exact) mass is 538 g/mol. The summed E-state index contributed by atoms with van der Waals surface area (Å²) < 4.78 is 5.04. The highest BCUT2D eigenvalue weighted by Gasteiger charge is 2.33. The number of piperazine rings is 1. The maximum Gasteiger partial charge on any atom is 0.411 e. The fourth-order valence-electron chi connectivity index (χ4n) is 5.42. The van der Waals surface area contributed by atoms with Crippen LogP contribution in [0.1, 0.15) is 30.9 Å². The molecule has 36 heavy (non-hydrogen) atoms. The largest absolute Gasteiger partial charge is 0.450 e. The van der Waals surface area contributed by atoms with E-state index in [2.05, 4.69) is 21.2 Å². The van der Waals surface area contributed by atoms with Gasteiger partial charge in [-0.2, -0.15) is 0 Å². The Morgan fingerprint density at radius 2 is 1.75 bits per heavy atom. The van der Waals surface area contributed by atoms with Crippen LogP contribution in [0.3, 0.4) is 0 Å². The van der Waals surface area contributed by atoms with E-state index in [0.717, 1.165) is 49.4 Å². The quantitative estimate of drug-likeness (QED) is 0.638. The first-order valence-electron chi connectivity index (χ1n) is 12.1. The fraction of sp³-hybridized carbons (Fsp3) is 0.462. The number of benzene rings is 2. The van der Waals surface area contributed by atoms with Gasteiger partial charge in [0.15, 0.2) is 0 Å². The molecule has 0 aliphatic carbocycles. The lowest BCUT2D eigenvalue weighted by Crippen LogP contribution is -2.52. The lowest BCUT2D eigenvalue weighted by molar-refractivity contribution is -0.119. The van der Waals surface area contributed by atoms with Gasteiger partial charge in [-0.15, -0.1) is 24.8 Å². The van der Waals surface area contributed by atoms with Gasteiger partial charge in [-0.1, -0.05) is 24.3 Å². The van der Waals surface area contributed by atoms with Gasteiger partial charge in [0.25, 0.3) is 0 Å². The van der Waals surface area contributed by atoms with Crippen molar-refractivity contribution in [2.45, 2.75) is 38.6 Å². The van der Waals surface area contributed by atoms with Crippen LogP contribution in [0.15, 0.2) is 42.5 Å². The number of anilines is 3. The molecule has 1 atom stereocenters. The lowest BCUT2D eigenvalue weighted by atomic mass is 10.0. The topological polar surface area (TPSA) is 96.6 Å². The van der Waals surface area contributed by atoms with Crippen molar-refractivity contribution in [2.24, 2.45) is 0 Å². The van der Waals surface area contributed by atoms with Gasteiger partial charge in [0.2, 0.25) is 5.91 Å². The molecule has 2 aromatic carbocycles. The van der Waals surface area contributed by atoms with Gasteiger partial charge < -0.3 is 10.2 Å². The number of halogens is 2. The average Bonchev–Trinajstić information content (AvgIpc) is 3.20. The molecule has 3 aliphatic heterocycles. The van der Waals surface area contributed by atoms with E-state index in [-0.39, 0.29) is 36.2 Å². The predicted molar refractivity (Wildman–Crippen MR) is 147 cm³/mol. The van der Waals surface area contributed by atoms with Crippen LogP contribution in [0.4, 0.5) is 21.9 Å². The van der Waals surface area contributed by atoms with E-state index in [9.17, 15) is 9.59 Å². The summed E-state index contributed by atoms with van der Waals surface area (Å²) in [6, 6.07) is 14.5. The van der Waals surface area contributed by atoms with Crippen molar-refractivity contribution >= 4 is 53.9 Å². The van der Waals surface area contributed by atoms with Crippen LogP contribution < -0.4 is 10.2 Å². The van der Waals surface area contributed by atoms with Crippen molar-refractivity contribution in [3.63, 3.8) is 0 Å². The van der Waals surface area contributed by atoms with E-state index in [1.807, 2.05) is 41.3 Å². The van der Waals surface area contributed by atoms with Crippen molar-refractivity contribution < 1.29 is 19.8 Å². The van der Waals surface area contributed by atoms with Crippen LogP contribution >= 0.6 is 24.8 Å². The minimum atomic E-state index is -0.487. The molecule has 3 N–H and O–H groups in total. The molecule has 0 aromatic heterocycles. The van der Waals surface area contributed by atoms with Crippen molar-refractivity contribution in [1.29, 1.82) is 0 Å². The number of nitrogens with one attached hydrogen (secondary N) is 1. The van der Waals surface area contributed by atoms with E-state index in [0.29, 0.717) is 24.9 Å². The molecule has 5 rings (SSSR count). The second-order valence-corrected chi connectivity index (χ2v) is 9.11. The molecule has 0 saturated carbocycles. The number of hydrogen-bond acceptors (Lipinski definition) is 5. The Labute approximate surface area is 225 Å². The molecule has 2 amide bonds. The van der Waals surface area contributed by atoms with Gasteiger partial charge in [0.05, 0.1) is 24.5 Å². The molecule has 3 aliphatic rings. The maximum absolute atomic E-state index is 13.8. The van der Waals surface area contributed by atoms with E-state index < -0.39 is 6.09 Å². The number of amides is 2. The summed E-state index contributed by atoms with van der Waals surface area (Å²) in [5.74, 6) is 0.0744. The SMILES string of the molecule is CCOC(=O)Nc1ccc2c(c1)N(C(=O)CN1CCN3CCCC3C1)c1ccccc1CC2.Cl.Cl.O. The molecule has 2 fully saturated rings. The molecule has 3 heterocycles. The first-order valence-corrected chi connectivity index (χ1v) is 12.1. The number of hydrogen-bond donors (Lipinski definition) is 1. The van der Waals surface area contributed by atoms with Crippen LogP contribution in [0.5, 0.6) is 0 Å². The third-order valence-corrected chi connectivity index (χ3v) is 7.02. The average molecular weight is 540 g/mol. The minimum absolute atomic E-state index is 0. The highest BCUT2D eigenvalue weighted by atomic mass is 35.5. The number of para-hydroxylation sites is 1. The Balaban J connectivity index is 0.00000152. The second-order valence-electron chi connectivity index (χ2n) is 9.11. The van der Waals surface area contributed by atoms with Crippen LogP contribution in [0, 0.1) is 0 Å². The van der Waals surface area contributed by atoms with Crippen LogP contribution in [0.25, 0.3) is 0 Å². The fourth-order valence-corrected chi connectivity index (χ4v) is 5.42. The first-order chi connectivity index (χ1) is 16.1. The lowest BCUT2D eigenvalue weighted by Gasteiger charge is -2.38. The zero-order valence-electron chi connectivity index (χ0n) is 20.6. The number of nitrogens with zero attached hydrogens (tertiary/aromatic N) is 3. The third kappa shape index (κ3) is 6.30. The Morgan fingerprint density at radius 3 is 2.53 bits per heavy atom. The molecule has 0 bridgehead atoms. The number of aryl methyl sites for hydroxylation is 2. The second kappa shape index (κ2) is 13.3. The van der Waals surface area contributed by atoms with Crippen LogP contribution in [-0.2, 0) is 22.4 Å². The highest BCUT2D eigenvalue weighted by molar-refractivity contribution is 6.04. The number of carbonyl (C=O) groups is 2. The molecule has 1 unspecified atom stereocenters. The molecule has 0 spiro atoms. The highest BCUT2D eigenvalue weighted by Crippen LogP contribution is 2.38. The van der Waals surface area contributed by atoms with Crippen molar-refractivity contribution in [3.05, 3.63) is 53.6 Å². The zero-order chi connectivity index (χ0) is 22.8. The molecule has 198 valence electrons. The Kier molecular flexibility index (Phi) is 11.0. The summed E-state index contributed by atoms with van der Waals surface area (Å²) in [5.41, 5.74) is 4.69. The molecule has 8 nitrogen and oxygen atoms in total. The smallest absolute Gasteiger partial charge is 0.411 e. The van der Waals surface area contributed by atoms with Crippen molar-refractivity contribution in [2.75, 3.05) is 49.5 Å². The summed E-state index contributed by atoms with van der Waals surface area (Å²) >= 11 is 0. The number of carbonyl (C=O) groups excluding carboxylic acids is 2.